The molecule has 0 aliphatic rings. The first kappa shape index (κ1) is 11.0. The minimum Gasteiger partial charge on any atom is -0.434 e. The second-order valence-electron chi connectivity index (χ2n) is 2.64. The molecule has 12 heavy (non-hydrogen) atoms. The Balaban J connectivity index is 3.13. The monoisotopic (exact) mass is 168 g/mol. The molecule has 0 N–H and O–H groups in total. The summed E-state index contributed by atoms with van der Waals surface area (Å²) in [5, 5.41) is 0. The van der Waals surface area contributed by atoms with E-state index in [1.165, 1.54) is 0 Å². The first-order valence-electron chi connectivity index (χ1n) is 4.20. The van der Waals surface area contributed by atoms with E-state index in [9.17, 15) is 4.79 Å². The number of rotatable bonds is 8. The summed E-state index contributed by atoms with van der Waals surface area (Å²) in [6.45, 7) is 7.65. The molecule has 2 heteroatoms. The molecule has 0 aliphatic heterocycles. The van der Waals surface area contributed by atoms with Crippen molar-refractivity contribution < 1.29 is 9.53 Å². The molecule has 0 unspecified atom stereocenters. The third-order valence-corrected chi connectivity index (χ3v) is 1.58. The van der Waals surface area contributed by atoms with Crippen LogP contribution in [0.1, 0.15) is 32.1 Å². The van der Waals surface area contributed by atoms with Crippen LogP contribution in [0.2, 0.25) is 0 Å². The van der Waals surface area contributed by atoms with Crippen molar-refractivity contribution in [1.82, 2.24) is 0 Å². The van der Waals surface area contributed by atoms with Crippen LogP contribution in [0.3, 0.4) is 0 Å². The molecule has 0 atom stereocenters. The van der Waals surface area contributed by atoms with E-state index in [-0.39, 0.29) is 0 Å². The van der Waals surface area contributed by atoms with Crippen LogP contribution in [0.15, 0.2) is 25.0 Å². The standard InChI is InChI=1S/C10H16O2/c1-3-4-5-6-7-8-10(2)12-9-11/h3,9H,1-2,4-8H2. The van der Waals surface area contributed by atoms with Gasteiger partial charge in [-0.15, -0.1) is 6.58 Å². The second kappa shape index (κ2) is 8.05. The summed E-state index contributed by atoms with van der Waals surface area (Å²) in [6.07, 6.45) is 7.05. The summed E-state index contributed by atoms with van der Waals surface area (Å²) in [5.74, 6) is 0.559. The summed E-state index contributed by atoms with van der Waals surface area (Å²) in [5.41, 5.74) is 0. The summed E-state index contributed by atoms with van der Waals surface area (Å²) < 4.78 is 4.55. The van der Waals surface area contributed by atoms with Crippen molar-refractivity contribution in [2.24, 2.45) is 0 Å². The van der Waals surface area contributed by atoms with Crippen LogP contribution in [0, 0.1) is 0 Å². The molecular weight excluding hydrogens is 152 g/mol. The van der Waals surface area contributed by atoms with Crippen LogP contribution < -0.4 is 0 Å². The average molecular weight is 168 g/mol. The van der Waals surface area contributed by atoms with Gasteiger partial charge in [0.15, 0.2) is 0 Å². The fourth-order valence-corrected chi connectivity index (χ4v) is 0.915. The van der Waals surface area contributed by atoms with Gasteiger partial charge in [-0.3, -0.25) is 4.79 Å². The van der Waals surface area contributed by atoms with E-state index in [0.717, 1.165) is 32.1 Å². The van der Waals surface area contributed by atoms with Crippen molar-refractivity contribution in [3.05, 3.63) is 25.0 Å². The molecule has 68 valence electrons. The predicted molar refractivity (Wildman–Crippen MR) is 49.6 cm³/mol. The van der Waals surface area contributed by atoms with Gasteiger partial charge in [0.05, 0.1) is 0 Å². The Labute approximate surface area is 73.9 Å². The Hall–Kier alpha value is -1.05. The van der Waals surface area contributed by atoms with Gasteiger partial charge in [-0.1, -0.05) is 19.1 Å². The molecule has 0 saturated heterocycles. The Morgan fingerprint density at radius 1 is 1.33 bits per heavy atom. The third kappa shape index (κ3) is 7.06. The maximum Gasteiger partial charge on any atom is 0.298 e. The van der Waals surface area contributed by atoms with Crippen molar-refractivity contribution in [2.45, 2.75) is 32.1 Å². The first-order chi connectivity index (χ1) is 5.81. The number of carbonyl (C=O) groups is 1. The molecule has 0 spiro atoms. The van der Waals surface area contributed by atoms with E-state index in [1.807, 2.05) is 6.08 Å². The molecule has 0 bridgehead atoms. The second-order valence-corrected chi connectivity index (χ2v) is 2.64. The normalized spacial score (nSPS) is 9.00. The van der Waals surface area contributed by atoms with Gasteiger partial charge in [-0.25, -0.2) is 0 Å². The van der Waals surface area contributed by atoms with Crippen molar-refractivity contribution in [2.75, 3.05) is 0 Å². The van der Waals surface area contributed by atoms with Gasteiger partial charge in [0, 0.05) is 6.42 Å². The minimum atomic E-state index is 0.423. The Bertz CT molecular complexity index is 150. The first-order valence-corrected chi connectivity index (χ1v) is 4.20. The van der Waals surface area contributed by atoms with Gasteiger partial charge >= 0.3 is 0 Å². The quantitative estimate of drug-likeness (QED) is 0.241. The number of ether oxygens (including phenoxy) is 1. The third-order valence-electron chi connectivity index (χ3n) is 1.58. The summed E-state index contributed by atoms with van der Waals surface area (Å²) in [6, 6.07) is 0. The molecule has 0 aromatic carbocycles. The van der Waals surface area contributed by atoms with E-state index in [4.69, 9.17) is 0 Å². The van der Waals surface area contributed by atoms with Gasteiger partial charge in [-0.2, -0.15) is 0 Å². The van der Waals surface area contributed by atoms with Gasteiger partial charge in [0.1, 0.15) is 5.76 Å². The topological polar surface area (TPSA) is 26.3 Å². The van der Waals surface area contributed by atoms with E-state index >= 15 is 0 Å². The largest absolute Gasteiger partial charge is 0.434 e. The van der Waals surface area contributed by atoms with E-state index in [2.05, 4.69) is 17.9 Å². The number of allylic oxidation sites excluding steroid dienone is 2. The Morgan fingerprint density at radius 2 is 2.08 bits per heavy atom. The molecule has 0 rings (SSSR count). The van der Waals surface area contributed by atoms with Crippen LogP contribution in [0.4, 0.5) is 0 Å². The zero-order valence-corrected chi connectivity index (χ0v) is 7.42. The maximum atomic E-state index is 9.85. The summed E-state index contributed by atoms with van der Waals surface area (Å²) in [7, 11) is 0. The van der Waals surface area contributed by atoms with Gasteiger partial charge in [0.25, 0.3) is 6.47 Å². The van der Waals surface area contributed by atoms with E-state index in [0.29, 0.717) is 12.2 Å². The highest BCUT2D eigenvalue weighted by atomic mass is 16.5. The molecule has 0 aromatic heterocycles. The summed E-state index contributed by atoms with van der Waals surface area (Å²) in [4.78, 5) is 9.85. The van der Waals surface area contributed by atoms with Crippen molar-refractivity contribution in [3.8, 4) is 0 Å². The highest BCUT2D eigenvalue weighted by Crippen LogP contribution is 2.08. The summed E-state index contributed by atoms with van der Waals surface area (Å²) >= 11 is 0. The van der Waals surface area contributed by atoms with Gasteiger partial charge < -0.3 is 4.74 Å². The number of hydrogen-bond acceptors (Lipinski definition) is 2. The molecule has 0 aliphatic carbocycles. The lowest BCUT2D eigenvalue weighted by Gasteiger charge is -2.01. The van der Waals surface area contributed by atoms with Crippen molar-refractivity contribution in [1.29, 1.82) is 0 Å². The van der Waals surface area contributed by atoms with Crippen LogP contribution in [-0.2, 0) is 9.53 Å². The lowest BCUT2D eigenvalue weighted by atomic mass is 10.1. The zero-order chi connectivity index (χ0) is 9.23. The molecule has 0 radical (unpaired) electrons. The van der Waals surface area contributed by atoms with Crippen molar-refractivity contribution in [3.63, 3.8) is 0 Å². The highest BCUT2D eigenvalue weighted by Gasteiger charge is 1.93. The SMILES string of the molecule is C=CCCCCCC(=C)OC=O. The van der Waals surface area contributed by atoms with E-state index in [1.54, 1.807) is 0 Å². The zero-order valence-electron chi connectivity index (χ0n) is 7.42. The minimum absolute atomic E-state index is 0.423. The van der Waals surface area contributed by atoms with Crippen LogP contribution >= 0.6 is 0 Å². The lowest BCUT2D eigenvalue weighted by Crippen LogP contribution is -1.88. The molecule has 0 fully saturated rings. The number of unbranched alkanes of at least 4 members (excludes halogenated alkanes) is 3. The fourth-order valence-electron chi connectivity index (χ4n) is 0.915. The lowest BCUT2D eigenvalue weighted by molar-refractivity contribution is -0.125. The molecule has 0 amide bonds. The number of carbonyl (C=O) groups excluding carboxylic acids is 1. The van der Waals surface area contributed by atoms with Gasteiger partial charge in [-0.05, 0) is 19.3 Å². The molecule has 2 nitrogen and oxygen atoms in total. The van der Waals surface area contributed by atoms with Crippen LogP contribution in [-0.4, -0.2) is 6.47 Å². The van der Waals surface area contributed by atoms with Crippen LogP contribution in [0.5, 0.6) is 0 Å². The number of hydrogen-bond donors (Lipinski definition) is 0. The fraction of sp³-hybridized carbons (Fsp3) is 0.500. The molecular formula is C10H16O2. The van der Waals surface area contributed by atoms with Gasteiger partial charge in [0.2, 0.25) is 0 Å². The molecule has 0 heterocycles. The van der Waals surface area contributed by atoms with Crippen LogP contribution in [0.25, 0.3) is 0 Å². The maximum absolute atomic E-state index is 9.85. The average Bonchev–Trinajstić information content (AvgIpc) is 2.05. The Morgan fingerprint density at radius 3 is 2.67 bits per heavy atom. The van der Waals surface area contributed by atoms with E-state index < -0.39 is 0 Å². The molecule has 0 saturated carbocycles. The van der Waals surface area contributed by atoms with Crippen molar-refractivity contribution >= 4 is 6.47 Å². The highest BCUT2D eigenvalue weighted by molar-refractivity contribution is 5.39. The Kier molecular flexibility index (Phi) is 7.35. The smallest absolute Gasteiger partial charge is 0.298 e. The molecule has 0 aromatic rings. The predicted octanol–water partition coefficient (Wildman–Crippen LogP) is 2.81.